The van der Waals surface area contributed by atoms with Crippen LogP contribution in [0.2, 0.25) is 0 Å². The van der Waals surface area contributed by atoms with Gasteiger partial charge in [-0.15, -0.1) is 0 Å². The van der Waals surface area contributed by atoms with Crippen molar-refractivity contribution in [2.45, 2.75) is 26.4 Å². The van der Waals surface area contributed by atoms with Crippen LogP contribution in [-0.4, -0.2) is 15.7 Å². The van der Waals surface area contributed by atoms with Crippen molar-refractivity contribution in [1.29, 1.82) is 0 Å². The highest BCUT2D eigenvalue weighted by atomic mass is 19.1. The number of benzene rings is 1. The third-order valence-electron chi connectivity index (χ3n) is 2.95. The second-order valence-corrected chi connectivity index (χ2v) is 4.27. The molecule has 1 unspecified atom stereocenters. The van der Waals surface area contributed by atoms with Gasteiger partial charge in [0.05, 0.1) is 11.7 Å². The van der Waals surface area contributed by atoms with Gasteiger partial charge >= 0.3 is 0 Å². The average molecular weight is 261 g/mol. The van der Waals surface area contributed by atoms with Gasteiger partial charge in [-0.25, -0.2) is 4.39 Å². The van der Waals surface area contributed by atoms with E-state index in [1.165, 1.54) is 24.3 Å². The molecule has 0 aliphatic heterocycles. The van der Waals surface area contributed by atoms with Gasteiger partial charge in [0, 0.05) is 18.3 Å². The Kier molecular flexibility index (Phi) is 3.94. The lowest BCUT2D eigenvalue weighted by molar-refractivity contribution is 0.0938. The number of rotatable bonds is 4. The van der Waals surface area contributed by atoms with E-state index in [2.05, 4.69) is 10.4 Å². The number of halogens is 1. The van der Waals surface area contributed by atoms with Crippen LogP contribution in [-0.2, 0) is 6.54 Å². The van der Waals surface area contributed by atoms with E-state index in [0.717, 1.165) is 12.2 Å². The van der Waals surface area contributed by atoms with Gasteiger partial charge in [0.2, 0.25) is 0 Å². The first-order valence-electron chi connectivity index (χ1n) is 6.20. The van der Waals surface area contributed by atoms with E-state index in [4.69, 9.17) is 0 Å². The zero-order chi connectivity index (χ0) is 13.8. The lowest BCUT2D eigenvalue weighted by Gasteiger charge is -2.15. The highest BCUT2D eigenvalue weighted by Gasteiger charge is 2.14. The van der Waals surface area contributed by atoms with E-state index in [9.17, 15) is 9.18 Å². The minimum Gasteiger partial charge on any atom is -0.344 e. The minimum atomic E-state index is -0.353. The molecule has 4 nitrogen and oxygen atoms in total. The number of carbonyl (C=O) groups excluding carboxylic acids is 1. The van der Waals surface area contributed by atoms with E-state index in [-0.39, 0.29) is 17.8 Å². The highest BCUT2D eigenvalue weighted by molar-refractivity contribution is 5.94. The number of nitrogens with zero attached hydrogens (tertiary/aromatic N) is 2. The Hall–Kier alpha value is -2.17. The van der Waals surface area contributed by atoms with E-state index in [1.807, 2.05) is 24.6 Å². The number of carbonyl (C=O) groups is 1. The van der Waals surface area contributed by atoms with Gasteiger partial charge in [-0.2, -0.15) is 5.10 Å². The SMILES string of the molecule is CCn1nccc1C(C)NC(=O)c1ccc(F)cc1. The predicted molar refractivity (Wildman–Crippen MR) is 70.2 cm³/mol. The molecule has 0 bridgehead atoms. The molecule has 2 rings (SSSR count). The number of hydrogen-bond acceptors (Lipinski definition) is 2. The third-order valence-corrected chi connectivity index (χ3v) is 2.95. The van der Waals surface area contributed by atoms with Gasteiger partial charge in [-0.1, -0.05) is 0 Å². The monoisotopic (exact) mass is 261 g/mol. The van der Waals surface area contributed by atoms with Crippen LogP contribution in [0.4, 0.5) is 4.39 Å². The van der Waals surface area contributed by atoms with Crippen LogP contribution >= 0.6 is 0 Å². The highest BCUT2D eigenvalue weighted by Crippen LogP contribution is 2.13. The Morgan fingerprint density at radius 1 is 1.37 bits per heavy atom. The van der Waals surface area contributed by atoms with E-state index in [1.54, 1.807) is 6.20 Å². The topological polar surface area (TPSA) is 46.9 Å². The number of nitrogens with one attached hydrogen (secondary N) is 1. The fraction of sp³-hybridized carbons (Fsp3) is 0.286. The average Bonchev–Trinajstić information content (AvgIpc) is 2.87. The van der Waals surface area contributed by atoms with Gasteiger partial charge in [0.1, 0.15) is 5.82 Å². The molecular weight excluding hydrogens is 245 g/mol. The fourth-order valence-electron chi connectivity index (χ4n) is 1.93. The summed E-state index contributed by atoms with van der Waals surface area (Å²) in [5, 5.41) is 7.03. The standard InChI is InChI=1S/C14H16FN3O/c1-3-18-13(8-9-16-18)10(2)17-14(19)11-4-6-12(15)7-5-11/h4-10H,3H2,1-2H3,(H,17,19). The van der Waals surface area contributed by atoms with Crippen LogP contribution in [0.3, 0.4) is 0 Å². The Bertz CT molecular complexity index is 562. The normalized spacial score (nSPS) is 12.2. The summed E-state index contributed by atoms with van der Waals surface area (Å²) in [6.07, 6.45) is 1.71. The molecule has 2 aromatic rings. The summed E-state index contributed by atoms with van der Waals surface area (Å²) in [6, 6.07) is 7.20. The molecule has 0 saturated carbocycles. The minimum absolute atomic E-state index is 0.153. The molecular formula is C14H16FN3O. The molecule has 1 heterocycles. The van der Waals surface area contributed by atoms with Crippen molar-refractivity contribution in [3.8, 4) is 0 Å². The van der Waals surface area contributed by atoms with Crippen molar-refractivity contribution >= 4 is 5.91 Å². The van der Waals surface area contributed by atoms with Gasteiger partial charge in [0.15, 0.2) is 0 Å². The van der Waals surface area contributed by atoms with E-state index >= 15 is 0 Å². The zero-order valence-electron chi connectivity index (χ0n) is 10.9. The molecule has 0 fully saturated rings. The van der Waals surface area contributed by atoms with Crippen LogP contribution in [0.5, 0.6) is 0 Å². The molecule has 1 aromatic carbocycles. The molecule has 0 radical (unpaired) electrons. The summed E-state index contributed by atoms with van der Waals surface area (Å²) in [6.45, 7) is 4.63. The predicted octanol–water partition coefficient (Wildman–Crippen LogP) is 2.53. The lowest BCUT2D eigenvalue weighted by atomic mass is 10.1. The maximum absolute atomic E-state index is 12.8. The first-order valence-corrected chi connectivity index (χ1v) is 6.20. The van der Waals surface area contributed by atoms with Crippen molar-refractivity contribution in [3.05, 3.63) is 53.6 Å². The Balaban J connectivity index is 2.08. The van der Waals surface area contributed by atoms with Crippen LogP contribution in [0.15, 0.2) is 36.5 Å². The van der Waals surface area contributed by atoms with Gasteiger partial charge < -0.3 is 5.32 Å². The molecule has 19 heavy (non-hydrogen) atoms. The molecule has 0 aliphatic rings. The smallest absolute Gasteiger partial charge is 0.251 e. The molecule has 0 spiro atoms. The number of hydrogen-bond donors (Lipinski definition) is 1. The van der Waals surface area contributed by atoms with Crippen LogP contribution in [0.25, 0.3) is 0 Å². The van der Waals surface area contributed by atoms with Crippen LogP contribution in [0, 0.1) is 5.82 Å². The maximum Gasteiger partial charge on any atom is 0.251 e. The zero-order valence-corrected chi connectivity index (χ0v) is 10.9. The number of aromatic nitrogens is 2. The summed E-state index contributed by atoms with van der Waals surface area (Å²) >= 11 is 0. The molecule has 1 aromatic heterocycles. The van der Waals surface area contributed by atoms with Gasteiger partial charge in [-0.3, -0.25) is 9.48 Å². The molecule has 1 amide bonds. The molecule has 0 aliphatic carbocycles. The first kappa shape index (κ1) is 13.3. The van der Waals surface area contributed by atoms with Gasteiger partial charge in [0.25, 0.3) is 5.91 Å². The van der Waals surface area contributed by atoms with Crippen molar-refractivity contribution < 1.29 is 9.18 Å². The number of amides is 1. The van der Waals surface area contributed by atoms with Crippen molar-refractivity contribution in [3.63, 3.8) is 0 Å². The Morgan fingerprint density at radius 3 is 2.68 bits per heavy atom. The summed E-state index contributed by atoms with van der Waals surface area (Å²) in [7, 11) is 0. The van der Waals surface area contributed by atoms with E-state index < -0.39 is 0 Å². The van der Waals surface area contributed by atoms with Crippen molar-refractivity contribution in [2.75, 3.05) is 0 Å². The lowest BCUT2D eigenvalue weighted by Crippen LogP contribution is -2.28. The second-order valence-electron chi connectivity index (χ2n) is 4.27. The summed E-state index contributed by atoms with van der Waals surface area (Å²) in [5.41, 5.74) is 1.38. The molecule has 5 heteroatoms. The molecule has 1 atom stereocenters. The van der Waals surface area contributed by atoms with Crippen molar-refractivity contribution in [1.82, 2.24) is 15.1 Å². The number of aryl methyl sites for hydroxylation is 1. The summed E-state index contributed by atoms with van der Waals surface area (Å²) in [4.78, 5) is 12.0. The first-order chi connectivity index (χ1) is 9.11. The Labute approximate surface area is 111 Å². The summed E-state index contributed by atoms with van der Waals surface area (Å²) in [5.74, 6) is -0.579. The largest absolute Gasteiger partial charge is 0.344 e. The molecule has 100 valence electrons. The molecule has 0 saturated heterocycles. The molecule has 1 N–H and O–H groups in total. The van der Waals surface area contributed by atoms with Crippen LogP contribution in [0.1, 0.15) is 35.9 Å². The maximum atomic E-state index is 12.8. The van der Waals surface area contributed by atoms with Gasteiger partial charge in [-0.05, 0) is 44.2 Å². The second kappa shape index (κ2) is 5.65. The summed E-state index contributed by atoms with van der Waals surface area (Å²) < 4.78 is 14.6. The van der Waals surface area contributed by atoms with Crippen molar-refractivity contribution in [2.24, 2.45) is 0 Å². The quantitative estimate of drug-likeness (QED) is 0.919. The fourth-order valence-corrected chi connectivity index (χ4v) is 1.93. The van der Waals surface area contributed by atoms with E-state index in [0.29, 0.717) is 5.56 Å². The van der Waals surface area contributed by atoms with Crippen LogP contribution < -0.4 is 5.32 Å². The Morgan fingerprint density at radius 2 is 2.05 bits per heavy atom. The third kappa shape index (κ3) is 2.99.